The molecule has 1 unspecified atom stereocenters. The van der Waals surface area contributed by atoms with Crippen LogP contribution in [0.3, 0.4) is 0 Å². The number of amides is 1. The number of carbonyl (C=O) groups excluding carboxylic acids is 1. The highest BCUT2D eigenvalue weighted by Gasteiger charge is 2.40. The summed E-state index contributed by atoms with van der Waals surface area (Å²) in [6.07, 6.45) is 3.37. The Morgan fingerprint density at radius 1 is 1.17 bits per heavy atom. The number of anilines is 1. The number of aryl methyl sites for hydroxylation is 2. The van der Waals surface area contributed by atoms with E-state index in [9.17, 15) is 9.18 Å². The molecule has 3 heterocycles. The molecule has 3 aliphatic heterocycles. The maximum Gasteiger partial charge on any atom is 0.414 e. The average Bonchev–Trinajstić information content (AvgIpc) is 2.75. The molecule has 3 saturated heterocycles. The highest BCUT2D eigenvalue weighted by atomic mass is 19.1. The highest BCUT2D eigenvalue weighted by Crippen LogP contribution is 2.33. The lowest BCUT2D eigenvalue weighted by atomic mass is 9.83. The van der Waals surface area contributed by atoms with E-state index >= 15 is 0 Å². The summed E-state index contributed by atoms with van der Waals surface area (Å²) < 4.78 is 19.4. The molecule has 29 heavy (non-hydrogen) atoms. The van der Waals surface area contributed by atoms with E-state index in [1.807, 2.05) is 41.3 Å². The van der Waals surface area contributed by atoms with Crippen LogP contribution in [0.4, 0.5) is 14.9 Å². The molecule has 2 aromatic rings. The molecule has 1 amide bonds. The third kappa shape index (κ3) is 4.61. The van der Waals surface area contributed by atoms with Gasteiger partial charge in [0.15, 0.2) is 0 Å². The first-order valence-electron chi connectivity index (χ1n) is 10.6. The summed E-state index contributed by atoms with van der Waals surface area (Å²) in [6, 6.07) is 15.3. The molecular weight excluding hydrogens is 367 g/mol. The molecule has 3 aliphatic rings. The van der Waals surface area contributed by atoms with Crippen LogP contribution in [0.1, 0.15) is 30.4 Å². The van der Waals surface area contributed by atoms with E-state index in [1.165, 1.54) is 0 Å². The Morgan fingerprint density at radius 3 is 2.59 bits per heavy atom. The van der Waals surface area contributed by atoms with E-state index in [0.29, 0.717) is 30.9 Å². The summed E-state index contributed by atoms with van der Waals surface area (Å²) in [5.74, 6) is 0.348. The van der Waals surface area contributed by atoms with Gasteiger partial charge in [-0.1, -0.05) is 30.3 Å². The molecule has 0 saturated carbocycles. The molecule has 0 aromatic heterocycles. The van der Waals surface area contributed by atoms with Crippen molar-refractivity contribution in [1.29, 1.82) is 0 Å². The molecule has 0 spiro atoms. The topological polar surface area (TPSA) is 32.8 Å². The van der Waals surface area contributed by atoms with Gasteiger partial charge in [-0.05, 0) is 80.9 Å². The summed E-state index contributed by atoms with van der Waals surface area (Å²) in [7, 11) is 0. The second-order valence-corrected chi connectivity index (χ2v) is 8.21. The molecule has 5 rings (SSSR count). The van der Waals surface area contributed by atoms with Crippen molar-refractivity contribution < 1.29 is 13.9 Å². The Morgan fingerprint density at radius 2 is 1.93 bits per heavy atom. The Hall–Kier alpha value is -2.40. The number of rotatable bonds is 6. The predicted molar refractivity (Wildman–Crippen MR) is 113 cm³/mol. The van der Waals surface area contributed by atoms with Gasteiger partial charge in [0.05, 0.1) is 12.6 Å². The molecule has 4 nitrogen and oxygen atoms in total. The van der Waals surface area contributed by atoms with Crippen LogP contribution in [0.5, 0.6) is 0 Å². The Kier molecular flexibility index (Phi) is 6.14. The van der Waals surface area contributed by atoms with Crippen LogP contribution in [0.2, 0.25) is 0 Å². The highest BCUT2D eigenvalue weighted by molar-refractivity contribution is 5.88. The maximum atomic E-state index is 13.7. The van der Waals surface area contributed by atoms with Crippen LogP contribution in [0.15, 0.2) is 48.5 Å². The largest absolute Gasteiger partial charge is 0.449 e. The normalized spacial score (nSPS) is 23.0. The van der Waals surface area contributed by atoms with Crippen LogP contribution in [0.25, 0.3) is 0 Å². The summed E-state index contributed by atoms with van der Waals surface area (Å²) in [5, 5.41) is 0. The first kappa shape index (κ1) is 19.9. The zero-order chi connectivity index (χ0) is 20.2. The smallest absolute Gasteiger partial charge is 0.414 e. The van der Waals surface area contributed by atoms with Gasteiger partial charge >= 0.3 is 6.09 Å². The standard InChI is InChI=1S/C24H29FN2O2/c1-18-9-10-19(16-22(18)25)6-5-15-29-24(28)27(21-7-3-2-4-8-21)23-17-26-13-11-20(23)12-14-26/h2-4,7-10,16,20,23H,5-6,11-15,17H2,1H3. The Labute approximate surface area is 172 Å². The molecule has 0 radical (unpaired) electrons. The van der Waals surface area contributed by atoms with Crippen molar-refractivity contribution in [3.05, 3.63) is 65.5 Å². The Balaban J connectivity index is 1.38. The van der Waals surface area contributed by atoms with Gasteiger partial charge in [-0.2, -0.15) is 0 Å². The van der Waals surface area contributed by atoms with Crippen LogP contribution in [0, 0.1) is 18.7 Å². The third-order valence-corrected chi connectivity index (χ3v) is 6.26. The summed E-state index contributed by atoms with van der Waals surface area (Å²) >= 11 is 0. The monoisotopic (exact) mass is 396 g/mol. The van der Waals surface area contributed by atoms with Crippen LogP contribution in [-0.2, 0) is 11.2 Å². The number of fused-ring (bicyclic) bond motifs is 3. The van der Waals surface area contributed by atoms with Gasteiger partial charge in [0.1, 0.15) is 5.82 Å². The molecule has 3 fully saturated rings. The zero-order valence-corrected chi connectivity index (χ0v) is 17.0. The summed E-state index contributed by atoms with van der Waals surface area (Å²) in [5.41, 5.74) is 2.48. The molecular formula is C24H29FN2O2. The average molecular weight is 397 g/mol. The van der Waals surface area contributed by atoms with E-state index in [1.54, 1.807) is 19.1 Å². The molecule has 0 aliphatic carbocycles. The van der Waals surface area contributed by atoms with Gasteiger partial charge in [-0.15, -0.1) is 0 Å². The molecule has 5 heteroatoms. The molecule has 154 valence electrons. The minimum atomic E-state index is -0.273. The van der Waals surface area contributed by atoms with E-state index in [2.05, 4.69) is 4.90 Å². The van der Waals surface area contributed by atoms with E-state index < -0.39 is 0 Å². The van der Waals surface area contributed by atoms with Gasteiger partial charge in [0, 0.05) is 12.2 Å². The lowest BCUT2D eigenvalue weighted by molar-refractivity contribution is 0.0788. The third-order valence-electron chi connectivity index (χ3n) is 6.26. The van der Waals surface area contributed by atoms with Crippen LogP contribution >= 0.6 is 0 Å². The van der Waals surface area contributed by atoms with Crippen molar-refractivity contribution >= 4 is 11.8 Å². The zero-order valence-electron chi connectivity index (χ0n) is 17.0. The maximum absolute atomic E-state index is 13.7. The van der Waals surface area contributed by atoms with Gasteiger partial charge in [-0.25, -0.2) is 9.18 Å². The number of hydrogen-bond acceptors (Lipinski definition) is 3. The summed E-state index contributed by atoms with van der Waals surface area (Å²) in [4.78, 5) is 17.4. The van der Waals surface area contributed by atoms with Crippen LogP contribution < -0.4 is 4.90 Å². The number of benzene rings is 2. The van der Waals surface area contributed by atoms with Crippen LogP contribution in [-0.4, -0.2) is 43.3 Å². The van der Waals surface area contributed by atoms with Crippen molar-refractivity contribution in [3.8, 4) is 0 Å². The van der Waals surface area contributed by atoms with Crippen molar-refractivity contribution in [1.82, 2.24) is 4.90 Å². The number of ether oxygens (including phenoxy) is 1. The molecule has 2 aromatic carbocycles. The number of para-hydroxylation sites is 1. The fourth-order valence-electron chi connectivity index (χ4n) is 4.54. The number of carbonyl (C=O) groups is 1. The minimum Gasteiger partial charge on any atom is -0.449 e. The fourth-order valence-corrected chi connectivity index (χ4v) is 4.54. The van der Waals surface area contributed by atoms with Gasteiger partial charge < -0.3 is 9.64 Å². The number of halogens is 1. The van der Waals surface area contributed by atoms with E-state index in [0.717, 1.165) is 43.7 Å². The molecule has 0 N–H and O–H groups in total. The predicted octanol–water partition coefficient (Wildman–Crippen LogP) is 4.80. The van der Waals surface area contributed by atoms with Crippen molar-refractivity contribution in [2.45, 2.75) is 38.6 Å². The van der Waals surface area contributed by atoms with Gasteiger partial charge in [-0.3, -0.25) is 4.90 Å². The van der Waals surface area contributed by atoms with Crippen molar-refractivity contribution in [2.75, 3.05) is 31.1 Å². The number of hydrogen-bond donors (Lipinski definition) is 0. The SMILES string of the molecule is Cc1ccc(CCCOC(=O)N(c2ccccc2)C2CN3CCC2CC3)cc1F. The first-order valence-corrected chi connectivity index (χ1v) is 10.6. The lowest BCUT2D eigenvalue weighted by Crippen LogP contribution is -2.59. The van der Waals surface area contributed by atoms with Crippen molar-refractivity contribution in [3.63, 3.8) is 0 Å². The van der Waals surface area contributed by atoms with E-state index in [-0.39, 0.29) is 18.0 Å². The van der Waals surface area contributed by atoms with E-state index in [4.69, 9.17) is 4.74 Å². The van der Waals surface area contributed by atoms with Gasteiger partial charge in [0.2, 0.25) is 0 Å². The van der Waals surface area contributed by atoms with Gasteiger partial charge in [0.25, 0.3) is 0 Å². The number of nitrogens with zero attached hydrogens (tertiary/aromatic N) is 2. The van der Waals surface area contributed by atoms with Crippen molar-refractivity contribution in [2.24, 2.45) is 5.92 Å². The molecule has 2 bridgehead atoms. The second-order valence-electron chi connectivity index (χ2n) is 8.21. The fraction of sp³-hybridized carbons (Fsp3) is 0.458. The Bertz CT molecular complexity index is 834. The first-order chi connectivity index (χ1) is 14.1. The minimum absolute atomic E-state index is 0.165. The number of piperidine rings is 3. The quantitative estimate of drug-likeness (QED) is 0.657. The lowest BCUT2D eigenvalue weighted by Gasteiger charge is -2.48. The summed E-state index contributed by atoms with van der Waals surface area (Å²) in [6.45, 7) is 5.27. The molecule has 1 atom stereocenters. The second kappa shape index (κ2) is 8.95.